The lowest BCUT2D eigenvalue weighted by Crippen LogP contribution is -2.55. The van der Waals surface area contributed by atoms with E-state index >= 15 is 0 Å². The fraction of sp³-hybridized carbons (Fsp3) is 0.375. The van der Waals surface area contributed by atoms with E-state index < -0.39 is 36.1 Å². The molecular weight excluding hydrogens is 396 g/mol. The van der Waals surface area contributed by atoms with Gasteiger partial charge in [0.25, 0.3) is 5.91 Å². The van der Waals surface area contributed by atoms with Gasteiger partial charge in [-0.15, -0.1) is 0 Å². The minimum absolute atomic E-state index is 0.0731. The summed E-state index contributed by atoms with van der Waals surface area (Å²) in [7, 11) is 0. The van der Waals surface area contributed by atoms with E-state index in [0.717, 1.165) is 16.0 Å². The number of carbonyl (C=O) groups excluding carboxylic acids is 3. The van der Waals surface area contributed by atoms with Crippen LogP contribution in [0.25, 0.3) is 0 Å². The second-order valence-electron chi connectivity index (χ2n) is 8.06. The van der Waals surface area contributed by atoms with Crippen LogP contribution in [0.1, 0.15) is 31.4 Å². The minimum atomic E-state index is -0.950. The normalized spacial score (nSPS) is 19.4. The van der Waals surface area contributed by atoms with Crippen LogP contribution in [-0.4, -0.2) is 46.1 Å². The van der Waals surface area contributed by atoms with Gasteiger partial charge >= 0.3 is 6.09 Å². The Kier molecular flexibility index (Phi) is 7.41. The number of likely N-dealkylation sites (tertiary alicyclic amines) is 1. The van der Waals surface area contributed by atoms with E-state index in [4.69, 9.17) is 4.74 Å². The van der Waals surface area contributed by atoms with Gasteiger partial charge in [0.05, 0.1) is 18.6 Å². The summed E-state index contributed by atoms with van der Waals surface area (Å²) in [6.45, 7) is 3.64. The fourth-order valence-electron chi connectivity index (χ4n) is 3.69. The number of hydrogen-bond donors (Lipinski definition) is 2. The van der Waals surface area contributed by atoms with Crippen LogP contribution in [-0.2, 0) is 27.4 Å². The number of nitrogens with one attached hydrogen (secondary N) is 1. The van der Waals surface area contributed by atoms with Crippen molar-refractivity contribution in [3.05, 3.63) is 71.8 Å². The number of amides is 3. The zero-order valence-corrected chi connectivity index (χ0v) is 17.7. The van der Waals surface area contributed by atoms with Crippen LogP contribution < -0.4 is 5.32 Å². The van der Waals surface area contributed by atoms with Crippen molar-refractivity contribution in [2.24, 2.45) is 5.92 Å². The molecule has 2 aromatic carbocycles. The summed E-state index contributed by atoms with van der Waals surface area (Å²) in [5.74, 6) is -1.25. The van der Waals surface area contributed by atoms with Crippen molar-refractivity contribution in [1.29, 1.82) is 0 Å². The highest BCUT2D eigenvalue weighted by Crippen LogP contribution is 2.25. The predicted molar refractivity (Wildman–Crippen MR) is 115 cm³/mol. The Bertz CT molecular complexity index is 901. The van der Waals surface area contributed by atoms with Gasteiger partial charge in [0, 0.05) is 0 Å². The van der Waals surface area contributed by atoms with Crippen LogP contribution >= 0.6 is 0 Å². The molecule has 0 spiro atoms. The maximum absolute atomic E-state index is 13.3. The van der Waals surface area contributed by atoms with Gasteiger partial charge in [-0.25, -0.2) is 4.79 Å². The summed E-state index contributed by atoms with van der Waals surface area (Å²) in [6, 6.07) is 17.0. The Balaban J connectivity index is 1.69. The molecule has 0 saturated carbocycles. The molecule has 0 aliphatic carbocycles. The molecule has 2 N–H and O–H groups in total. The molecule has 1 fully saturated rings. The predicted octanol–water partition coefficient (Wildman–Crippen LogP) is 2.67. The highest BCUT2D eigenvalue weighted by molar-refractivity contribution is 6.01. The molecule has 1 saturated heterocycles. The van der Waals surface area contributed by atoms with E-state index in [1.807, 2.05) is 60.7 Å². The Morgan fingerprint density at radius 1 is 1.06 bits per heavy atom. The Morgan fingerprint density at radius 2 is 1.65 bits per heavy atom. The van der Waals surface area contributed by atoms with Gasteiger partial charge in [-0.3, -0.25) is 14.5 Å². The lowest BCUT2D eigenvalue weighted by molar-refractivity contribution is -0.146. The molecule has 1 aliphatic heterocycles. The molecule has 1 heterocycles. The van der Waals surface area contributed by atoms with E-state index in [2.05, 4.69) is 5.32 Å². The monoisotopic (exact) mass is 424 g/mol. The number of nitrogens with zero attached hydrogens (tertiary/aromatic N) is 1. The summed E-state index contributed by atoms with van der Waals surface area (Å²) in [4.78, 5) is 39.3. The first-order valence-corrected chi connectivity index (χ1v) is 10.4. The lowest BCUT2D eigenvalue weighted by atomic mass is 9.99. The molecule has 3 rings (SSSR count). The number of aliphatic hydroxyl groups is 1. The SMILES string of the molecule is CC(C)C(NC(=O)OCc1ccccc1)C(=O)N1C(=O)C[C@H](O)[C@@H]1Cc1ccccc1. The van der Waals surface area contributed by atoms with Crippen molar-refractivity contribution >= 4 is 17.9 Å². The molecule has 7 heteroatoms. The molecule has 0 aromatic heterocycles. The average molecular weight is 424 g/mol. The average Bonchev–Trinajstić information content (AvgIpc) is 3.04. The van der Waals surface area contributed by atoms with Gasteiger partial charge in [-0.1, -0.05) is 74.5 Å². The van der Waals surface area contributed by atoms with Crippen LogP contribution in [0.15, 0.2) is 60.7 Å². The Hall–Kier alpha value is -3.19. The number of aliphatic hydroxyl groups excluding tert-OH is 1. The summed E-state index contributed by atoms with van der Waals surface area (Å²) >= 11 is 0. The first-order chi connectivity index (χ1) is 14.9. The lowest BCUT2D eigenvalue weighted by Gasteiger charge is -2.30. The molecule has 164 valence electrons. The summed E-state index contributed by atoms with van der Waals surface area (Å²) in [5, 5.41) is 13.0. The number of carbonyl (C=O) groups is 3. The quantitative estimate of drug-likeness (QED) is 0.712. The maximum Gasteiger partial charge on any atom is 0.408 e. The van der Waals surface area contributed by atoms with E-state index in [1.165, 1.54) is 0 Å². The molecular formula is C24H28N2O5. The van der Waals surface area contributed by atoms with Crippen molar-refractivity contribution in [3.63, 3.8) is 0 Å². The molecule has 3 amide bonds. The van der Waals surface area contributed by atoms with Gasteiger partial charge in [-0.2, -0.15) is 0 Å². The van der Waals surface area contributed by atoms with Crippen LogP contribution in [0.5, 0.6) is 0 Å². The molecule has 1 aliphatic rings. The van der Waals surface area contributed by atoms with Crippen LogP contribution in [0, 0.1) is 5.92 Å². The zero-order chi connectivity index (χ0) is 22.4. The van der Waals surface area contributed by atoms with E-state index in [1.54, 1.807) is 13.8 Å². The molecule has 0 bridgehead atoms. The first kappa shape index (κ1) is 22.5. The van der Waals surface area contributed by atoms with Gasteiger partial charge in [-0.05, 0) is 23.5 Å². The second kappa shape index (κ2) is 10.2. The molecule has 31 heavy (non-hydrogen) atoms. The Labute approximate surface area is 182 Å². The molecule has 7 nitrogen and oxygen atoms in total. The number of alkyl carbamates (subject to hydrolysis) is 1. The van der Waals surface area contributed by atoms with E-state index in [-0.39, 0.29) is 18.9 Å². The third-order valence-electron chi connectivity index (χ3n) is 5.37. The zero-order valence-electron chi connectivity index (χ0n) is 17.7. The van der Waals surface area contributed by atoms with Crippen molar-refractivity contribution in [2.45, 2.75) is 51.5 Å². The molecule has 3 atom stereocenters. The van der Waals surface area contributed by atoms with Crippen molar-refractivity contribution < 1.29 is 24.2 Å². The number of hydrogen-bond acceptors (Lipinski definition) is 5. The van der Waals surface area contributed by atoms with Crippen LogP contribution in [0.3, 0.4) is 0 Å². The van der Waals surface area contributed by atoms with Crippen molar-refractivity contribution in [2.75, 3.05) is 0 Å². The topological polar surface area (TPSA) is 95.9 Å². The Morgan fingerprint density at radius 3 is 2.23 bits per heavy atom. The smallest absolute Gasteiger partial charge is 0.408 e. The number of ether oxygens (including phenoxy) is 1. The van der Waals surface area contributed by atoms with Gasteiger partial charge < -0.3 is 15.2 Å². The largest absolute Gasteiger partial charge is 0.445 e. The van der Waals surface area contributed by atoms with Gasteiger partial charge in [0.15, 0.2) is 0 Å². The van der Waals surface area contributed by atoms with E-state index in [9.17, 15) is 19.5 Å². The highest BCUT2D eigenvalue weighted by atomic mass is 16.5. The molecule has 2 aromatic rings. The first-order valence-electron chi connectivity index (χ1n) is 10.4. The third kappa shape index (κ3) is 5.70. The summed E-state index contributed by atoms with van der Waals surface area (Å²) in [5.41, 5.74) is 1.74. The highest BCUT2D eigenvalue weighted by Gasteiger charge is 2.45. The standard InChI is InChI=1S/C24H28N2O5/c1-16(2)22(25-24(30)31-15-18-11-7-4-8-12-18)23(29)26-19(20(27)14-21(26)28)13-17-9-5-3-6-10-17/h3-12,16,19-20,22,27H,13-15H2,1-2H3,(H,25,30)/t19-,20-,22?/m0/s1. The minimum Gasteiger partial charge on any atom is -0.445 e. The number of imide groups is 1. The fourth-order valence-corrected chi connectivity index (χ4v) is 3.69. The van der Waals surface area contributed by atoms with Crippen LogP contribution in [0.2, 0.25) is 0 Å². The van der Waals surface area contributed by atoms with E-state index in [0.29, 0.717) is 6.42 Å². The van der Waals surface area contributed by atoms with Crippen molar-refractivity contribution in [3.8, 4) is 0 Å². The summed E-state index contributed by atoms with van der Waals surface area (Å²) < 4.78 is 5.24. The third-order valence-corrected chi connectivity index (χ3v) is 5.37. The molecule has 0 radical (unpaired) electrons. The number of rotatable bonds is 7. The maximum atomic E-state index is 13.3. The van der Waals surface area contributed by atoms with Gasteiger partial charge in [0.1, 0.15) is 12.6 Å². The van der Waals surface area contributed by atoms with Crippen molar-refractivity contribution in [1.82, 2.24) is 10.2 Å². The second-order valence-corrected chi connectivity index (χ2v) is 8.06. The van der Waals surface area contributed by atoms with Crippen LogP contribution in [0.4, 0.5) is 4.79 Å². The van der Waals surface area contributed by atoms with Gasteiger partial charge in [0.2, 0.25) is 5.91 Å². The molecule has 1 unspecified atom stereocenters. The number of benzene rings is 2. The summed E-state index contributed by atoms with van der Waals surface area (Å²) in [6.07, 6.45) is -1.45.